The summed E-state index contributed by atoms with van der Waals surface area (Å²) in [5, 5.41) is 8.72. The number of aryl methyl sites for hydroxylation is 1. The lowest BCUT2D eigenvalue weighted by Crippen LogP contribution is -2.31. The fourth-order valence-corrected chi connectivity index (χ4v) is 4.77. The molecular formula is C23H21FN4OS. The molecule has 0 radical (unpaired) electrons. The van der Waals surface area contributed by atoms with Crippen molar-refractivity contribution >= 4 is 23.5 Å². The second-order valence-corrected chi connectivity index (χ2v) is 8.63. The first-order chi connectivity index (χ1) is 14.6. The molecule has 2 aromatic carbocycles. The van der Waals surface area contributed by atoms with Crippen LogP contribution in [-0.4, -0.2) is 20.5 Å². The summed E-state index contributed by atoms with van der Waals surface area (Å²) >= 11 is 1.50. The summed E-state index contributed by atoms with van der Waals surface area (Å²) in [5.74, 6) is 1.24. The molecular weight excluding hydrogens is 399 g/mol. The maximum absolute atomic E-state index is 13.1. The first kappa shape index (κ1) is 19.1. The fourth-order valence-electron chi connectivity index (χ4n) is 3.98. The average Bonchev–Trinajstić information content (AvgIpc) is 3.15. The van der Waals surface area contributed by atoms with Crippen LogP contribution in [0.5, 0.6) is 0 Å². The number of aromatic nitrogens is 3. The lowest BCUT2D eigenvalue weighted by atomic mass is 9.85. The Balaban J connectivity index is 1.49. The normalized spacial score (nSPS) is 18.1. The van der Waals surface area contributed by atoms with E-state index in [4.69, 9.17) is 5.10 Å². The van der Waals surface area contributed by atoms with Gasteiger partial charge in [-0.15, -0.1) is 5.10 Å². The number of hydrogen-bond acceptors (Lipinski definition) is 5. The van der Waals surface area contributed by atoms with E-state index < -0.39 is 0 Å². The number of nitrogens with one attached hydrogen (secondary N) is 1. The van der Waals surface area contributed by atoms with E-state index in [1.807, 2.05) is 11.6 Å². The molecule has 1 aliphatic carbocycles. The topological polar surface area (TPSA) is 59.8 Å². The van der Waals surface area contributed by atoms with Crippen molar-refractivity contribution in [3.63, 3.8) is 0 Å². The number of ketones is 1. The molecule has 0 saturated carbocycles. The Kier molecular flexibility index (Phi) is 4.90. The third kappa shape index (κ3) is 3.54. The molecule has 7 heteroatoms. The van der Waals surface area contributed by atoms with Crippen LogP contribution in [0.4, 0.5) is 10.3 Å². The molecule has 1 aliphatic heterocycles. The molecule has 1 atom stereocenters. The van der Waals surface area contributed by atoms with Crippen LogP contribution >= 0.6 is 11.8 Å². The second-order valence-electron chi connectivity index (χ2n) is 7.68. The van der Waals surface area contributed by atoms with Crippen LogP contribution in [-0.2, 0) is 10.5 Å². The Hall–Kier alpha value is -2.93. The lowest BCUT2D eigenvalue weighted by molar-refractivity contribution is -0.116. The van der Waals surface area contributed by atoms with Gasteiger partial charge in [0, 0.05) is 23.4 Å². The Morgan fingerprint density at radius 2 is 1.90 bits per heavy atom. The number of Topliss-reactive ketones (excluding diaryl/α,β-unsaturated/α-hetero) is 1. The van der Waals surface area contributed by atoms with Crippen LogP contribution in [0.25, 0.3) is 0 Å². The lowest BCUT2D eigenvalue weighted by Gasteiger charge is -2.32. The highest BCUT2D eigenvalue weighted by atomic mass is 32.2. The highest BCUT2D eigenvalue weighted by molar-refractivity contribution is 7.98. The minimum Gasteiger partial charge on any atom is -0.328 e. The van der Waals surface area contributed by atoms with Crippen molar-refractivity contribution in [2.45, 2.75) is 43.1 Å². The maximum atomic E-state index is 13.1. The molecule has 3 aromatic rings. The molecule has 1 aromatic heterocycles. The van der Waals surface area contributed by atoms with Gasteiger partial charge in [-0.3, -0.25) is 4.79 Å². The zero-order valence-corrected chi connectivity index (χ0v) is 17.4. The van der Waals surface area contributed by atoms with Gasteiger partial charge in [-0.2, -0.15) is 4.98 Å². The summed E-state index contributed by atoms with van der Waals surface area (Å²) in [6.07, 6.45) is 2.26. The largest absolute Gasteiger partial charge is 0.328 e. The summed E-state index contributed by atoms with van der Waals surface area (Å²) < 4.78 is 15.0. The van der Waals surface area contributed by atoms with Crippen molar-refractivity contribution in [3.05, 3.63) is 82.3 Å². The van der Waals surface area contributed by atoms with Crippen LogP contribution in [0.2, 0.25) is 0 Å². The number of fused-ring (bicyclic) bond motifs is 1. The Labute approximate surface area is 178 Å². The Morgan fingerprint density at radius 1 is 1.13 bits per heavy atom. The molecule has 0 saturated heterocycles. The molecule has 5 nitrogen and oxygen atoms in total. The van der Waals surface area contributed by atoms with Crippen molar-refractivity contribution < 1.29 is 9.18 Å². The standard InChI is InChI=1S/C23H21FN4OS/c1-14-5-9-16(10-6-14)21-20-18(3-2-4-19(20)29)25-22-26-23(27-28(21)22)30-13-15-7-11-17(24)12-8-15/h5-12,21H,2-4,13H2,1H3,(H,25,26,27). The van der Waals surface area contributed by atoms with Gasteiger partial charge >= 0.3 is 0 Å². The number of carbonyl (C=O) groups is 1. The van der Waals surface area contributed by atoms with E-state index in [1.54, 1.807) is 12.1 Å². The van der Waals surface area contributed by atoms with Crippen LogP contribution in [0, 0.1) is 12.7 Å². The van der Waals surface area contributed by atoms with Gasteiger partial charge in [-0.05, 0) is 43.0 Å². The molecule has 30 heavy (non-hydrogen) atoms. The minimum atomic E-state index is -0.266. The third-order valence-electron chi connectivity index (χ3n) is 5.52. The molecule has 2 heterocycles. The van der Waals surface area contributed by atoms with Gasteiger partial charge in [0.1, 0.15) is 11.9 Å². The van der Waals surface area contributed by atoms with Crippen molar-refractivity contribution in [1.82, 2.24) is 14.8 Å². The highest BCUT2D eigenvalue weighted by Crippen LogP contribution is 2.40. The summed E-state index contributed by atoms with van der Waals surface area (Å²) in [4.78, 5) is 17.5. The fraction of sp³-hybridized carbons (Fsp3) is 0.261. The van der Waals surface area contributed by atoms with Crippen LogP contribution < -0.4 is 5.32 Å². The number of thioether (sulfide) groups is 1. The van der Waals surface area contributed by atoms with Crippen LogP contribution in [0.1, 0.15) is 42.0 Å². The zero-order chi connectivity index (χ0) is 20.7. The predicted molar refractivity (Wildman–Crippen MR) is 115 cm³/mol. The Morgan fingerprint density at radius 3 is 2.67 bits per heavy atom. The van der Waals surface area contributed by atoms with Gasteiger partial charge in [-0.1, -0.05) is 53.7 Å². The molecule has 152 valence electrons. The first-order valence-electron chi connectivity index (χ1n) is 10.0. The minimum absolute atomic E-state index is 0.177. The van der Waals surface area contributed by atoms with Gasteiger partial charge in [-0.25, -0.2) is 9.07 Å². The van der Waals surface area contributed by atoms with Gasteiger partial charge in [0.2, 0.25) is 11.1 Å². The molecule has 0 fully saturated rings. The monoisotopic (exact) mass is 420 g/mol. The van der Waals surface area contributed by atoms with E-state index in [0.717, 1.165) is 35.2 Å². The van der Waals surface area contributed by atoms with Gasteiger partial charge < -0.3 is 5.32 Å². The molecule has 1 N–H and O–H groups in total. The van der Waals surface area contributed by atoms with E-state index in [0.29, 0.717) is 23.3 Å². The van der Waals surface area contributed by atoms with E-state index in [-0.39, 0.29) is 17.6 Å². The molecule has 0 bridgehead atoms. The van der Waals surface area contributed by atoms with Crippen molar-refractivity contribution in [2.24, 2.45) is 0 Å². The molecule has 5 rings (SSSR count). The average molecular weight is 421 g/mol. The van der Waals surface area contributed by atoms with E-state index in [9.17, 15) is 9.18 Å². The summed E-state index contributed by atoms with van der Waals surface area (Å²) in [7, 11) is 0. The molecule has 0 spiro atoms. The molecule has 0 amide bonds. The van der Waals surface area contributed by atoms with Crippen molar-refractivity contribution in [3.8, 4) is 0 Å². The number of anilines is 1. The molecule has 1 unspecified atom stereocenters. The summed E-state index contributed by atoms with van der Waals surface area (Å²) in [5.41, 5.74) is 4.98. The number of allylic oxidation sites excluding steroid dienone is 2. The number of carbonyl (C=O) groups excluding carboxylic acids is 1. The summed E-state index contributed by atoms with van der Waals surface area (Å²) in [6, 6.07) is 14.4. The first-order valence-corrected chi connectivity index (χ1v) is 11.0. The smallest absolute Gasteiger partial charge is 0.227 e. The maximum Gasteiger partial charge on any atom is 0.227 e. The predicted octanol–water partition coefficient (Wildman–Crippen LogP) is 5.04. The van der Waals surface area contributed by atoms with E-state index >= 15 is 0 Å². The van der Waals surface area contributed by atoms with Gasteiger partial charge in [0.15, 0.2) is 5.78 Å². The van der Waals surface area contributed by atoms with Gasteiger partial charge in [0.05, 0.1) is 0 Å². The SMILES string of the molecule is Cc1ccc(C2C3=C(CCCC3=O)Nc3nc(SCc4ccc(F)cc4)nn32)cc1. The second kappa shape index (κ2) is 7.72. The van der Waals surface area contributed by atoms with Gasteiger partial charge in [0.25, 0.3) is 0 Å². The molecule has 2 aliphatic rings. The van der Waals surface area contributed by atoms with E-state index in [2.05, 4.69) is 34.6 Å². The van der Waals surface area contributed by atoms with Crippen molar-refractivity contribution in [1.29, 1.82) is 0 Å². The highest BCUT2D eigenvalue weighted by Gasteiger charge is 2.36. The number of nitrogens with zero attached hydrogens (tertiary/aromatic N) is 3. The van der Waals surface area contributed by atoms with Crippen LogP contribution in [0.15, 0.2) is 65.0 Å². The quantitative estimate of drug-likeness (QED) is 0.599. The Bertz CT molecular complexity index is 1140. The number of rotatable bonds is 4. The van der Waals surface area contributed by atoms with Crippen molar-refractivity contribution in [2.75, 3.05) is 5.32 Å². The number of hydrogen-bond donors (Lipinski definition) is 1. The zero-order valence-electron chi connectivity index (χ0n) is 16.6. The van der Waals surface area contributed by atoms with Crippen LogP contribution in [0.3, 0.4) is 0 Å². The number of benzene rings is 2. The third-order valence-corrected chi connectivity index (χ3v) is 6.43. The number of halogens is 1. The van der Waals surface area contributed by atoms with E-state index in [1.165, 1.54) is 29.5 Å². The summed E-state index contributed by atoms with van der Waals surface area (Å²) in [6.45, 7) is 2.05.